The molecule has 0 atom stereocenters. The van der Waals surface area contributed by atoms with Crippen molar-refractivity contribution in [3.8, 4) is 5.75 Å². The van der Waals surface area contributed by atoms with E-state index in [9.17, 15) is 13.6 Å². The molecule has 1 saturated carbocycles. The number of nitrogens with one attached hydrogen (secondary N) is 1. The van der Waals surface area contributed by atoms with E-state index in [1.807, 2.05) is 0 Å². The minimum atomic E-state index is -0.666. The molecule has 1 aliphatic heterocycles. The van der Waals surface area contributed by atoms with Gasteiger partial charge in [-0.25, -0.2) is 13.8 Å². The van der Waals surface area contributed by atoms with Gasteiger partial charge in [-0.3, -0.25) is 19.0 Å². The van der Waals surface area contributed by atoms with Gasteiger partial charge >= 0.3 is 0 Å². The number of pyridine rings is 1. The van der Waals surface area contributed by atoms with Crippen LogP contribution in [0.5, 0.6) is 5.75 Å². The van der Waals surface area contributed by atoms with Crippen molar-refractivity contribution in [1.29, 1.82) is 0 Å². The number of carbonyl (C=O) groups is 1. The zero-order valence-electron chi connectivity index (χ0n) is 19.3. The van der Waals surface area contributed by atoms with Crippen molar-refractivity contribution in [2.24, 2.45) is 0 Å². The molecule has 1 N–H and O–H groups in total. The maximum Gasteiger partial charge on any atom is 0.270 e. The van der Waals surface area contributed by atoms with Crippen LogP contribution in [0.2, 0.25) is 0 Å². The summed E-state index contributed by atoms with van der Waals surface area (Å²) in [5.41, 5.74) is 1.27. The van der Waals surface area contributed by atoms with Gasteiger partial charge in [-0.2, -0.15) is 0 Å². The zero-order chi connectivity index (χ0) is 23.7. The van der Waals surface area contributed by atoms with Gasteiger partial charge in [-0.1, -0.05) is 6.07 Å². The predicted molar refractivity (Wildman–Crippen MR) is 124 cm³/mol. The largest absolute Gasteiger partial charge is 0.485 e. The number of nitrogens with zero attached hydrogens (tertiary/aromatic N) is 4. The lowest BCUT2D eigenvalue weighted by Gasteiger charge is -2.34. The van der Waals surface area contributed by atoms with E-state index < -0.39 is 11.6 Å². The van der Waals surface area contributed by atoms with Crippen LogP contribution in [0.4, 0.5) is 8.78 Å². The van der Waals surface area contributed by atoms with Crippen LogP contribution >= 0.6 is 0 Å². The number of aromatic nitrogens is 2. The first-order valence-electron chi connectivity index (χ1n) is 11.8. The van der Waals surface area contributed by atoms with Crippen molar-refractivity contribution in [1.82, 2.24) is 24.5 Å². The van der Waals surface area contributed by atoms with Crippen molar-refractivity contribution in [3.05, 3.63) is 65.1 Å². The summed E-state index contributed by atoms with van der Waals surface area (Å²) < 4.78 is 35.3. The normalized spacial score (nSPS) is 17.3. The Morgan fingerprint density at radius 3 is 2.56 bits per heavy atom. The van der Waals surface area contributed by atoms with Crippen LogP contribution in [-0.4, -0.2) is 70.4 Å². The van der Waals surface area contributed by atoms with Gasteiger partial charge in [0, 0.05) is 51.5 Å². The van der Waals surface area contributed by atoms with Gasteiger partial charge in [0.25, 0.3) is 5.91 Å². The molecule has 7 nitrogen and oxygen atoms in total. The number of hydrogen-bond acceptors (Lipinski definition) is 5. The van der Waals surface area contributed by atoms with Crippen molar-refractivity contribution in [3.63, 3.8) is 0 Å². The van der Waals surface area contributed by atoms with Crippen LogP contribution in [-0.2, 0) is 6.61 Å². The fourth-order valence-electron chi connectivity index (χ4n) is 4.57. The molecular weight excluding hydrogens is 440 g/mol. The van der Waals surface area contributed by atoms with E-state index in [1.165, 1.54) is 31.0 Å². The SMILES string of the molecule is Cc1nc2c(OCc3c(F)cccc3F)cccn2c1C(=O)NCCN1CCN(C2CC2)CC1. The van der Waals surface area contributed by atoms with E-state index in [1.54, 1.807) is 29.7 Å². The Bertz CT molecular complexity index is 1170. The third-order valence-corrected chi connectivity index (χ3v) is 6.62. The highest BCUT2D eigenvalue weighted by Gasteiger charge is 2.31. The first-order valence-corrected chi connectivity index (χ1v) is 11.8. The molecule has 9 heteroatoms. The maximum absolute atomic E-state index is 14.0. The van der Waals surface area contributed by atoms with Crippen LogP contribution in [0.25, 0.3) is 5.65 Å². The molecule has 0 radical (unpaired) electrons. The molecule has 1 aromatic carbocycles. The number of imidazole rings is 1. The molecule has 5 rings (SSSR count). The highest BCUT2D eigenvalue weighted by Crippen LogP contribution is 2.27. The predicted octanol–water partition coefficient (Wildman–Crippen LogP) is 3.01. The first-order chi connectivity index (χ1) is 16.5. The Hall–Kier alpha value is -3.04. The number of rotatable bonds is 8. The van der Waals surface area contributed by atoms with Gasteiger partial charge in [0.2, 0.25) is 0 Å². The maximum atomic E-state index is 14.0. The fourth-order valence-corrected chi connectivity index (χ4v) is 4.57. The second kappa shape index (κ2) is 9.68. The number of benzene rings is 1. The van der Waals surface area contributed by atoms with Gasteiger partial charge in [-0.05, 0) is 44.0 Å². The quantitative estimate of drug-likeness (QED) is 0.550. The number of hydrogen-bond donors (Lipinski definition) is 1. The lowest BCUT2D eigenvalue weighted by Crippen LogP contribution is -2.49. The van der Waals surface area contributed by atoms with E-state index in [0.717, 1.165) is 38.8 Å². The summed E-state index contributed by atoms with van der Waals surface area (Å²) in [7, 11) is 0. The summed E-state index contributed by atoms with van der Waals surface area (Å²) in [6.07, 6.45) is 4.40. The van der Waals surface area contributed by atoms with Gasteiger partial charge in [0.1, 0.15) is 23.9 Å². The summed E-state index contributed by atoms with van der Waals surface area (Å²) in [6.45, 7) is 7.11. The molecule has 2 fully saturated rings. The molecule has 34 heavy (non-hydrogen) atoms. The average Bonchev–Trinajstić information content (AvgIpc) is 3.61. The third kappa shape index (κ3) is 4.76. The van der Waals surface area contributed by atoms with E-state index in [0.29, 0.717) is 29.3 Å². The van der Waals surface area contributed by atoms with Crippen molar-refractivity contribution in [2.75, 3.05) is 39.3 Å². The Kier molecular flexibility index (Phi) is 6.47. The molecule has 2 aliphatic rings. The molecule has 1 amide bonds. The third-order valence-electron chi connectivity index (χ3n) is 6.62. The van der Waals surface area contributed by atoms with E-state index in [2.05, 4.69) is 20.1 Å². The van der Waals surface area contributed by atoms with Crippen LogP contribution in [0, 0.1) is 18.6 Å². The highest BCUT2D eigenvalue weighted by atomic mass is 19.1. The summed E-state index contributed by atoms with van der Waals surface area (Å²) >= 11 is 0. The Balaban J connectivity index is 1.22. The number of carbonyl (C=O) groups excluding carboxylic acids is 1. The molecule has 3 heterocycles. The van der Waals surface area contributed by atoms with Gasteiger partial charge < -0.3 is 10.1 Å². The average molecular weight is 470 g/mol. The molecular formula is C25H29F2N5O2. The van der Waals surface area contributed by atoms with Crippen LogP contribution < -0.4 is 10.1 Å². The molecule has 1 aliphatic carbocycles. The second-order valence-corrected chi connectivity index (χ2v) is 8.97. The van der Waals surface area contributed by atoms with E-state index in [-0.39, 0.29) is 18.1 Å². The number of halogens is 2. The van der Waals surface area contributed by atoms with Crippen LogP contribution in [0.1, 0.15) is 34.6 Å². The Labute approximate surface area is 197 Å². The van der Waals surface area contributed by atoms with Gasteiger partial charge in [-0.15, -0.1) is 0 Å². The number of fused-ring (bicyclic) bond motifs is 1. The Morgan fingerprint density at radius 1 is 1.12 bits per heavy atom. The molecule has 0 bridgehead atoms. The Morgan fingerprint density at radius 2 is 1.85 bits per heavy atom. The first kappa shape index (κ1) is 22.7. The highest BCUT2D eigenvalue weighted by molar-refractivity contribution is 5.95. The fraction of sp³-hybridized carbons (Fsp3) is 0.440. The molecule has 3 aromatic rings. The number of piperazine rings is 1. The minimum absolute atomic E-state index is 0.149. The van der Waals surface area contributed by atoms with Gasteiger partial charge in [0.05, 0.1) is 11.3 Å². The summed E-state index contributed by atoms with van der Waals surface area (Å²) in [5, 5.41) is 3.01. The minimum Gasteiger partial charge on any atom is -0.485 e. The molecule has 180 valence electrons. The van der Waals surface area contributed by atoms with E-state index in [4.69, 9.17) is 4.74 Å². The van der Waals surface area contributed by atoms with E-state index >= 15 is 0 Å². The summed E-state index contributed by atoms with van der Waals surface area (Å²) in [4.78, 5) is 22.4. The van der Waals surface area contributed by atoms with Crippen molar-refractivity contribution < 1.29 is 18.3 Å². The summed E-state index contributed by atoms with van der Waals surface area (Å²) in [5.74, 6) is -1.19. The standard InChI is InChI=1S/C25H29F2N5O2/c1-17-23(25(33)28-9-11-30-12-14-31(15-13-30)18-7-8-18)32-10-3-6-22(24(32)29-17)34-16-19-20(26)4-2-5-21(19)27/h2-6,10,18H,7-9,11-16H2,1H3,(H,28,33). The topological polar surface area (TPSA) is 62.1 Å². The molecule has 2 aromatic heterocycles. The summed E-state index contributed by atoms with van der Waals surface area (Å²) in [6, 6.07) is 7.89. The monoisotopic (exact) mass is 469 g/mol. The van der Waals surface area contributed by atoms with Crippen molar-refractivity contribution >= 4 is 11.6 Å². The molecule has 0 spiro atoms. The number of aryl methyl sites for hydroxylation is 1. The van der Waals surface area contributed by atoms with Gasteiger partial charge in [0.15, 0.2) is 11.4 Å². The van der Waals surface area contributed by atoms with Crippen LogP contribution in [0.3, 0.4) is 0 Å². The number of ether oxygens (including phenoxy) is 1. The molecule has 0 unspecified atom stereocenters. The lowest BCUT2D eigenvalue weighted by atomic mass is 10.2. The zero-order valence-corrected chi connectivity index (χ0v) is 19.3. The second-order valence-electron chi connectivity index (χ2n) is 8.97. The number of amides is 1. The van der Waals surface area contributed by atoms with Crippen LogP contribution in [0.15, 0.2) is 36.5 Å². The lowest BCUT2D eigenvalue weighted by molar-refractivity contribution is 0.0928. The smallest absolute Gasteiger partial charge is 0.270 e. The molecule has 1 saturated heterocycles. The van der Waals surface area contributed by atoms with Crippen molar-refractivity contribution in [2.45, 2.75) is 32.4 Å².